The predicted octanol–water partition coefficient (Wildman–Crippen LogP) is 5.89. The zero-order chi connectivity index (χ0) is 20.8. The van der Waals surface area contributed by atoms with Gasteiger partial charge in [-0.25, -0.2) is 4.98 Å². The zero-order valence-corrected chi connectivity index (χ0v) is 18.6. The first-order valence-corrected chi connectivity index (χ1v) is 11.6. The number of benzene rings is 2. The van der Waals surface area contributed by atoms with Gasteiger partial charge in [0, 0.05) is 6.54 Å². The third-order valence-electron chi connectivity index (χ3n) is 6.23. The molecule has 0 spiro atoms. The predicted molar refractivity (Wildman–Crippen MR) is 124 cm³/mol. The van der Waals surface area contributed by atoms with E-state index in [0.717, 1.165) is 43.8 Å². The quantitative estimate of drug-likeness (QED) is 0.438. The molecule has 2 aromatic carbocycles. The van der Waals surface area contributed by atoms with Gasteiger partial charge in [-0.15, -0.1) is 0 Å². The first kappa shape index (κ1) is 20.9. The van der Waals surface area contributed by atoms with Crippen molar-refractivity contribution in [1.82, 2.24) is 14.5 Å². The van der Waals surface area contributed by atoms with E-state index in [1.807, 2.05) is 0 Å². The molecule has 30 heavy (non-hydrogen) atoms. The van der Waals surface area contributed by atoms with E-state index in [0.29, 0.717) is 0 Å². The highest BCUT2D eigenvalue weighted by Crippen LogP contribution is 2.23. The summed E-state index contributed by atoms with van der Waals surface area (Å²) in [6.07, 6.45) is 7.51. The third kappa shape index (κ3) is 5.04. The lowest BCUT2D eigenvalue weighted by Gasteiger charge is -2.20. The van der Waals surface area contributed by atoms with Crippen LogP contribution in [0.15, 0.2) is 42.5 Å². The van der Waals surface area contributed by atoms with Gasteiger partial charge in [-0.3, -0.25) is 4.90 Å². The fraction of sp³-hybridized carbons (Fsp3) is 0.500. The molecule has 160 valence electrons. The van der Waals surface area contributed by atoms with Crippen LogP contribution < -0.4 is 4.74 Å². The van der Waals surface area contributed by atoms with Crippen LogP contribution in [0.2, 0.25) is 0 Å². The average molecular weight is 406 g/mol. The second-order valence-electron chi connectivity index (χ2n) is 8.64. The Labute approximate surface area is 180 Å². The minimum Gasteiger partial charge on any atom is -0.493 e. The van der Waals surface area contributed by atoms with Gasteiger partial charge in [-0.05, 0) is 75.9 Å². The molecule has 1 aliphatic rings. The van der Waals surface area contributed by atoms with Gasteiger partial charge in [0.1, 0.15) is 11.6 Å². The van der Waals surface area contributed by atoms with E-state index in [4.69, 9.17) is 9.72 Å². The lowest BCUT2D eigenvalue weighted by atomic mass is 10.1. The number of para-hydroxylation sites is 3. The maximum Gasteiger partial charge on any atom is 0.125 e. The molecule has 1 aromatic heterocycles. The van der Waals surface area contributed by atoms with Crippen LogP contribution in [-0.4, -0.2) is 34.1 Å². The Kier molecular flexibility index (Phi) is 7.06. The van der Waals surface area contributed by atoms with Gasteiger partial charge in [-0.1, -0.05) is 43.2 Å². The van der Waals surface area contributed by atoms with Gasteiger partial charge in [0.25, 0.3) is 0 Å². The Hall–Kier alpha value is -2.33. The Balaban J connectivity index is 1.39. The van der Waals surface area contributed by atoms with E-state index in [2.05, 4.69) is 65.8 Å². The number of hydrogen-bond acceptors (Lipinski definition) is 3. The molecule has 4 rings (SSSR count). The van der Waals surface area contributed by atoms with Crippen molar-refractivity contribution in [3.8, 4) is 5.75 Å². The molecule has 0 bridgehead atoms. The zero-order valence-electron chi connectivity index (χ0n) is 18.6. The topological polar surface area (TPSA) is 30.3 Å². The van der Waals surface area contributed by atoms with Crippen LogP contribution in [0.25, 0.3) is 11.0 Å². The molecule has 0 unspecified atom stereocenters. The number of likely N-dealkylation sites (tertiary alicyclic amines) is 1. The number of imidazole rings is 1. The molecule has 1 fully saturated rings. The summed E-state index contributed by atoms with van der Waals surface area (Å²) in [7, 11) is 0. The van der Waals surface area contributed by atoms with Crippen LogP contribution in [0.5, 0.6) is 5.75 Å². The molecule has 4 nitrogen and oxygen atoms in total. The van der Waals surface area contributed by atoms with Crippen molar-refractivity contribution in [2.45, 2.75) is 65.5 Å². The number of aryl methyl sites for hydroxylation is 3. The van der Waals surface area contributed by atoms with Crippen molar-refractivity contribution in [2.24, 2.45) is 0 Å². The number of fused-ring (bicyclic) bond motifs is 1. The molecule has 0 radical (unpaired) electrons. The second kappa shape index (κ2) is 10.1. The minimum atomic E-state index is 0.764. The Bertz CT molecular complexity index is 934. The SMILES string of the molecule is Cc1cccc(C)c1OCCCCn1c(CN2CCCCCC2)nc2ccccc21. The van der Waals surface area contributed by atoms with Crippen LogP contribution in [0.1, 0.15) is 55.5 Å². The minimum absolute atomic E-state index is 0.764. The van der Waals surface area contributed by atoms with Crippen LogP contribution in [0.3, 0.4) is 0 Å². The van der Waals surface area contributed by atoms with Crippen molar-refractivity contribution in [3.63, 3.8) is 0 Å². The second-order valence-corrected chi connectivity index (χ2v) is 8.64. The molecule has 2 heterocycles. The van der Waals surface area contributed by atoms with Crippen molar-refractivity contribution < 1.29 is 4.74 Å². The van der Waals surface area contributed by atoms with E-state index < -0.39 is 0 Å². The van der Waals surface area contributed by atoms with Gasteiger partial charge < -0.3 is 9.30 Å². The van der Waals surface area contributed by atoms with Crippen molar-refractivity contribution in [1.29, 1.82) is 0 Å². The molecule has 1 saturated heterocycles. The molecule has 3 aromatic rings. The highest BCUT2D eigenvalue weighted by atomic mass is 16.5. The molecule has 1 aliphatic heterocycles. The summed E-state index contributed by atoms with van der Waals surface area (Å²) in [6.45, 7) is 9.37. The smallest absolute Gasteiger partial charge is 0.125 e. The summed E-state index contributed by atoms with van der Waals surface area (Å²) in [5.74, 6) is 2.26. The van der Waals surface area contributed by atoms with Crippen molar-refractivity contribution in [2.75, 3.05) is 19.7 Å². The fourth-order valence-electron chi connectivity index (χ4n) is 4.56. The molecule has 0 N–H and O–H groups in total. The van der Waals surface area contributed by atoms with E-state index in [1.165, 1.54) is 61.2 Å². The number of nitrogens with zero attached hydrogens (tertiary/aromatic N) is 3. The van der Waals surface area contributed by atoms with Gasteiger partial charge in [0.2, 0.25) is 0 Å². The van der Waals surface area contributed by atoms with E-state index in [-0.39, 0.29) is 0 Å². The first-order chi connectivity index (χ1) is 14.7. The molecule has 0 aliphatic carbocycles. The van der Waals surface area contributed by atoms with E-state index >= 15 is 0 Å². The molecular formula is C26H35N3O. The van der Waals surface area contributed by atoms with Crippen LogP contribution in [0, 0.1) is 13.8 Å². The highest BCUT2D eigenvalue weighted by Gasteiger charge is 2.15. The molecule has 0 saturated carbocycles. The summed E-state index contributed by atoms with van der Waals surface area (Å²) in [4.78, 5) is 7.59. The number of aromatic nitrogens is 2. The van der Waals surface area contributed by atoms with Crippen molar-refractivity contribution in [3.05, 3.63) is 59.4 Å². The van der Waals surface area contributed by atoms with Gasteiger partial charge >= 0.3 is 0 Å². The standard InChI is InChI=1S/C26H35N3O/c1-21-12-11-13-22(2)26(21)30-19-10-9-18-29-24-15-6-5-14-23(24)27-25(29)20-28-16-7-3-4-8-17-28/h5-6,11-15H,3-4,7-10,16-20H2,1-2H3. The van der Waals surface area contributed by atoms with Gasteiger partial charge in [0.05, 0.1) is 24.2 Å². The summed E-state index contributed by atoms with van der Waals surface area (Å²) in [5.41, 5.74) is 4.82. The number of hydrogen-bond donors (Lipinski definition) is 0. The molecule has 4 heteroatoms. The fourth-order valence-corrected chi connectivity index (χ4v) is 4.56. The number of rotatable bonds is 8. The average Bonchev–Trinajstić information content (AvgIpc) is 2.89. The van der Waals surface area contributed by atoms with Crippen LogP contribution in [-0.2, 0) is 13.1 Å². The summed E-state index contributed by atoms with van der Waals surface area (Å²) < 4.78 is 8.55. The summed E-state index contributed by atoms with van der Waals surface area (Å²) >= 11 is 0. The normalized spacial score (nSPS) is 15.4. The molecule has 0 atom stereocenters. The van der Waals surface area contributed by atoms with E-state index in [1.54, 1.807) is 0 Å². The van der Waals surface area contributed by atoms with Gasteiger partial charge in [-0.2, -0.15) is 0 Å². The first-order valence-electron chi connectivity index (χ1n) is 11.6. The Morgan fingerprint density at radius 3 is 2.37 bits per heavy atom. The Morgan fingerprint density at radius 1 is 0.867 bits per heavy atom. The maximum absolute atomic E-state index is 6.11. The largest absolute Gasteiger partial charge is 0.493 e. The third-order valence-corrected chi connectivity index (χ3v) is 6.23. The maximum atomic E-state index is 6.11. The summed E-state index contributed by atoms with van der Waals surface area (Å²) in [5, 5.41) is 0. The molecular weight excluding hydrogens is 370 g/mol. The highest BCUT2D eigenvalue weighted by molar-refractivity contribution is 5.75. The van der Waals surface area contributed by atoms with Gasteiger partial charge in [0.15, 0.2) is 0 Å². The number of unbranched alkanes of at least 4 members (excludes halogenated alkanes) is 1. The lowest BCUT2D eigenvalue weighted by Crippen LogP contribution is -2.26. The van der Waals surface area contributed by atoms with Crippen LogP contribution >= 0.6 is 0 Å². The lowest BCUT2D eigenvalue weighted by molar-refractivity contribution is 0.264. The Morgan fingerprint density at radius 2 is 1.60 bits per heavy atom. The number of ether oxygens (including phenoxy) is 1. The van der Waals surface area contributed by atoms with Crippen LogP contribution in [0.4, 0.5) is 0 Å². The summed E-state index contributed by atoms with van der Waals surface area (Å²) in [6, 6.07) is 14.9. The van der Waals surface area contributed by atoms with E-state index in [9.17, 15) is 0 Å². The monoisotopic (exact) mass is 405 g/mol. The molecule has 0 amide bonds. The van der Waals surface area contributed by atoms with Crippen molar-refractivity contribution >= 4 is 11.0 Å².